The normalized spacial score (nSPS) is 11.7. The first-order valence-electron chi connectivity index (χ1n) is 18.2. The van der Waals surface area contributed by atoms with Gasteiger partial charge in [-0.05, 0) is 63.3 Å². The van der Waals surface area contributed by atoms with Crippen LogP contribution in [0.25, 0.3) is 110 Å². The van der Waals surface area contributed by atoms with Crippen LogP contribution >= 0.6 is 0 Å². The van der Waals surface area contributed by atoms with Crippen molar-refractivity contribution in [2.75, 3.05) is 0 Å². The fraction of sp³-hybridized carbons (Fsp3) is 0. The zero-order valence-corrected chi connectivity index (χ0v) is 29.1. The number of hydrogen-bond acceptors (Lipinski definition) is 4. The second kappa shape index (κ2) is 12.1. The maximum atomic E-state index is 5.53. The monoisotopic (exact) mass is 686 g/mol. The minimum Gasteiger partial charge on any atom is -0.256 e. The lowest BCUT2D eigenvalue weighted by atomic mass is 9.94. The van der Waals surface area contributed by atoms with Crippen molar-refractivity contribution in [3.63, 3.8) is 0 Å². The van der Waals surface area contributed by atoms with Crippen LogP contribution in [0.15, 0.2) is 182 Å². The molecule has 4 nitrogen and oxygen atoms in total. The zero-order valence-electron chi connectivity index (χ0n) is 29.1. The van der Waals surface area contributed by atoms with E-state index in [9.17, 15) is 0 Å². The minimum atomic E-state index is 0.826. The summed E-state index contributed by atoms with van der Waals surface area (Å²) in [5.41, 5.74) is 10.3. The predicted octanol–water partition coefficient (Wildman–Crippen LogP) is 12.9. The molecular formula is C50H30N4. The van der Waals surface area contributed by atoms with Gasteiger partial charge in [0.15, 0.2) is 0 Å². The Balaban J connectivity index is 1.26. The molecule has 0 radical (unpaired) electrons. The van der Waals surface area contributed by atoms with Crippen LogP contribution in [0, 0.1) is 0 Å². The summed E-state index contributed by atoms with van der Waals surface area (Å²) in [4.78, 5) is 21.3. The van der Waals surface area contributed by atoms with E-state index in [2.05, 4.69) is 170 Å². The second-order valence-corrected chi connectivity index (χ2v) is 13.9. The third kappa shape index (κ3) is 5.00. The average molecular weight is 687 g/mol. The first-order valence-corrected chi connectivity index (χ1v) is 18.2. The number of pyridine rings is 4. The fourth-order valence-corrected chi connectivity index (χ4v) is 7.93. The highest BCUT2D eigenvalue weighted by Crippen LogP contribution is 2.40. The van der Waals surface area contributed by atoms with Gasteiger partial charge < -0.3 is 0 Å². The van der Waals surface area contributed by atoms with Gasteiger partial charge in [0, 0.05) is 50.0 Å². The fourth-order valence-electron chi connectivity index (χ4n) is 7.93. The predicted molar refractivity (Wildman–Crippen MR) is 224 cm³/mol. The van der Waals surface area contributed by atoms with Crippen molar-refractivity contribution in [1.82, 2.24) is 19.9 Å². The molecule has 0 aliphatic heterocycles. The number of hydrogen-bond donors (Lipinski definition) is 0. The molecular weight excluding hydrogens is 657 g/mol. The quantitative estimate of drug-likeness (QED) is 0.173. The van der Waals surface area contributed by atoms with Crippen LogP contribution in [0.4, 0.5) is 0 Å². The van der Waals surface area contributed by atoms with Gasteiger partial charge in [0.1, 0.15) is 0 Å². The van der Waals surface area contributed by atoms with E-state index in [4.69, 9.17) is 19.9 Å². The van der Waals surface area contributed by atoms with Crippen LogP contribution in [-0.4, -0.2) is 19.9 Å². The summed E-state index contributed by atoms with van der Waals surface area (Å²) in [6.07, 6.45) is 1.97. The van der Waals surface area contributed by atoms with Crippen molar-refractivity contribution >= 4 is 65.0 Å². The molecule has 0 N–H and O–H groups in total. The average Bonchev–Trinajstić information content (AvgIpc) is 3.24. The Bertz CT molecular complexity index is 3290. The van der Waals surface area contributed by atoms with Crippen LogP contribution in [-0.2, 0) is 0 Å². The Hall–Kier alpha value is -7.30. The third-order valence-electron chi connectivity index (χ3n) is 10.7. The highest BCUT2D eigenvalue weighted by molar-refractivity contribution is 6.14. The maximum absolute atomic E-state index is 5.53. The summed E-state index contributed by atoms with van der Waals surface area (Å²) in [5.74, 6) is 0. The summed E-state index contributed by atoms with van der Waals surface area (Å²) in [5, 5.41) is 10.0. The molecule has 0 spiro atoms. The van der Waals surface area contributed by atoms with E-state index in [-0.39, 0.29) is 0 Å². The molecule has 250 valence electrons. The van der Waals surface area contributed by atoms with Crippen LogP contribution in [0.1, 0.15) is 0 Å². The standard InChI is InChI=1S/C50H30N4/c1-2-13-34-26-36(21-20-31(34)10-1)46-28-43(47-27-35-14-3-4-15-37(35)30-51-47)41-24-23-40-42(45-25-22-33-12-6-8-19-44(33)52-45)29-48(54-50(40)49(41)53-46)39-18-9-16-32-11-5-7-17-38(32)39/h1-30H. The molecule has 4 heteroatoms. The SMILES string of the molecule is c1ccc2cc(-c3cc(-c4cc5ccccc5cn4)c4ccc5c(-c6ccc7ccccc7n6)cc(-c6cccc7ccccc67)nc5c4n3)ccc2c1. The molecule has 0 atom stereocenters. The van der Waals surface area contributed by atoms with E-state index in [1.165, 1.54) is 16.2 Å². The second-order valence-electron chi connectivity index (χ2n) is 13.9. The molecule has 0 amide bonds. The summed E-state index contributed by atoms with van der Waals surface area (Å²) in [6.45, 7) is 0. The number of aromatic nitrogens is 4. The van der Waals surface area contributed by atoms with Gasteiger partial charge in [-0.15, -0.1) is 0 Å². The highest BCUT2D eigenvalue weighted by atomic mass is 14.8. The Labute approximate surface area is 311 Å². The molecule has 0 bridgehead atoms. The van der Waals surface area contributed by atoms with Gasteiger partial charge >= 0.3 is 0 Å². The Morgan fingerprint density at radius 1 is 0.296 bits per heavy atom. The van der Waals surface area contributed by atoms with E-state index >= 15 is 0 Å². The summed E-state index contributed by atoms with van der Waals surface area (Å²) in [6, 6.07) is 61.8. The molecule has 0 saturated heterocycles. The van der Waals surface area contributed by atoms with Crippen molar-refractivity contribution in [3.8, 4) is 45.0 Å². The van der Waals surface area contributed by atoms with Crippen LogP contribution < -0.4 is 0 Å². The van der Waals surface area contributed by atoms with Gasteiger partial charge in [0.05, 0.1) is 39.3 Å². The third-order valence-corrected chi connectivity index (χ3v) is 10.7. The molecule has 0 saturated carbocycles. The molecule has 0 unspecified atom stereocenters. The highest BCUT2D eigenvalue weighted by Gasteiger charge is 2.19. The van der Waals surface area contributed by atoms with Gasteiger partial charge in [0.2, 0.25) is 0 Å². The topological polar surface area (TPSA) is 51.6 Å². The number of fused-ring (bicyclic) bond motifs is 7. The van der Waals surface area contributed by atoms with Crippen molar-refractivity contribution in [1.29, 1.82) is 0 Å². The lowest BCUT2D eigenvalue weighted by Crippen LogP contribution is -1.97. The number of para-hydroxylation sites is 1. The van der Waals surface area contributed by atoms with Gasteiger partial charge in [0.25, 0.3) is 0 Å². The van der Waals surface area contributed by atoms with Gasteiger partial charge in [-0.25, -0.2) is 15.0 Å². The Morgan fingerprint density at radius 2 is 0.907 bits per heavy atom. The largest absolute Gasteiger partial charge is 0.256 e. The van der Waals surface area contributed by atoms with Gasteiger partial charge in [-0.2, -0.15) is 0 Å². The first kappa shape index (κ1) is 30.3. The molecule has 0 fully saturated rings. The first-order chi connectivity index (χ1) is 26.7. The van der Waals surface area contributed by atoms with E-state index in [0.717, 1.165) is 93.9 Å². The van der Waals surface area contributed by atoms with E-state index < -0.39 is 0 Å². The molecule has 4 heterocycles. The van der Waals surface area contributed by atoms with Crippen molar-refractivity contribution < 1.29 is 0 Å². The zero-order chi connectivity index (χ0) is 35.6. The van der Waals surface area contributed by atoms with Crippen LogP contribution in [0.3, 0.4) is 0 Å². The molecule has 0 aliphatic carbocycles. The number of nitrogens with zero attached hydrogens (tertiary/aromatic N) is 4. The Morgan fingerprint density at radius 3 is 1.74 bits per heavy atom. The van der Waals surface area contributed by atoms with Crippen molar-refractivity contribution in [2.45, 2.75) is 0 Å². The lowest BCUT2D eigenvalue weighted by Gasteiger charge is -2.16. The van der Waals surface area contributed by atoms with E-state index in [1.807, 2.05) is 12.3 Å². The van der Waals surface area contributed by atoms with Crippen LogP contribution in [0.2, 0.25) is 0 Å². The summed E-state index contributed by atoms with van der Waals surface area (Å²) in [7, 11) is 0. The van der Waals surface area contributed by atoms with Gasteiger partial charge in [-0.3, -0.25) is 4.98 Å². The Kier molecular flexibility index (Phi) is 6.82. The molecule has 4 aromatic heterocycles. The minimum absolute atomic E-state index is 0.826. The van der Waals surface area contributed by atoms with Gasteiger partial charge in [-0.1, -0.05) is 140 Å². The number of benzene rings is 7. The molecule has 0 aliphatic rings. The molecule has 54 heavy (non-hydrogen) atoms. The van der Waals surface area contributed by atoms with Crippen molar-refractivity contribution in [3.05, 3.63) is 182 Å². The molecule has 11 aromatic rings. The molecule has 7 aromatic carbocycles. The smallest absolute Gasteiger partial charge is 0.0979 e. The summed E-state index contributed by atoms with van der Waals surface area (Å²) >= 11 is 0. The lowest BCUT2D eigenvalue weighted by molar-refractivity contribution is 1.33. The van der Waals surface area contributed by atoms with E-state index in [1.54, 1.807) is 0 Å². The number of rotatable bonds is 4. The van der Waals surface area contributed by atoms with Crippen molar-refractivity contribution in [2.24, 2.45) is 0 Å². The van der Waals surface area contributed by atoms with E-state index in [0.29, 0.717) is 0 Å². The molecule has 11 rings (SSSR count). The maximum Gasteiger partial charge on any atom is 0.0979 e. The van der Waals surface area contributed by atoms with Crippen LogP contribution in [0.5, 0.6) is 0 Å². The summed E-state index contributed by atoms with van der Waals surface area (Å²) < 4.78 is 0.